The van der Waals surface area contributed by atoms with Crippen molar-refractivity contribution in [2.24, 2.45) is 0 Å². The first-order chi connectivity index (χ1) is 23.7. The molecule has 3 unspecified atom stereocenters. The first-order valence-electron chi connectivity index (χ1n) is 17.8. The van der Waals surface area contributed by atoms with Crippen LogP contribution in [-0.2, 0) is 0 Å². The summed E-state index contributed by atoms with van der Waals surface area (Å²) in [5, 5.41) is 2.67. The number of anilines is 2. The van der Waals surface area contributed by atoms with Crippen molar-refractivity contribution in [1.82, 2.24) is 0 Å². The number of hydrogen-bond acceptors (Lipinski definition) is 1. The highest BCUT2D eigenvalue weighted by Crippen LogP contribution is 2.58. The van der Waals surface area contributed by atoms with Crippen molar-refractivity contribution in [2.45, 2.75) is 50.4 Å². The van der Waals surface area contributed by atoms with Crippen LogP contribution in [0.5, 0.6) is 0 Å². The van der Waals surface area contributed by atoms with E-state index in [9.17, 15) is 0 Å². The van der Waals surface area contributed by atoms with E-state index in [4.69, 9.17) is 0 Å². The van der Waals surface area contributed by atoms with Crippen molar-refractivity contribution < 1.29 is 0 Å². The van der Waals surface area contributed by atoms with E-state index in [0.717, 1.165) is 13.0 Å². The molecule has 0 radical (unpaired) electrons. The van der Waals surface area contributed by atoms with Crippen molar-refractivity contribution in [1.29, 1.82) is 0 Å². The summed E-state index contributed by atoms with van der Waals surface area (Å²) in [6.45, 7) is 3.39. The van der Waals surface area contributed by atoms with Crippen LogP contribution in [-0.4, -0.2) is 6.54 Å². The third-order valence-electron chi connectivity index (χ3n) is 11.1. The molecule has 0 saturated heterocycles. The highest BCUT2D eigenvalue weighted by molar-refractivity contribution is 6.02. The number of unbranched alkanes of at least 4 members (excludes halogenated alkanes) is 2. The number of nitrogens with zero attached hydrogens (tertiary/aromatic N) is 1. The van der Waals surface area contributed by atoms with Crippen LogP contribution in [0.2, 0.25) is 0 Å². The lowest BCUT2D eigenvalue weighted by atomic mass is 9.73. The van der Waals surface area contributed by atoms with E-state index >= 15 is 0 Å². The highest BCUT2D eigenvalue weighted by atomic mass is 15.1. The second kappa shape index (κ2) is 12.1. The monoisotopic (exact) mass is 619 g/mol. The van der Waals surface area contributed by atoms with Crippen LogP contribution < -0.4 is 4.90 Å². The highest BCUT2D eigenvalue weighted by Gasteiger charge is 2.37. The van der Waals surface area contributed by atoms with Gasteiger partial charge in [0.1, 0.15) is 0 Å². The topological polar surface area (TPSA) is 3.24 Å². The minimum atomic E-state index is 0.353. The number of para-hydroxylation sites is 1. The largest absolute Gasteiger partial charge is 0.341 e. The minimum absolute atomic E-state index is 0.353. The van der Waals surface area contributed by atoms with Crippen LogP contribution in [0.1, 0.15) is 67.1 Å². The summed E-state index contributed by atoms with van der Waals surface area (Å²) in [6.07, 6.45) is 14.2. The molecule has 9 rings (SSSR count). The molecular formula is C47H41N. The van der Waals surface area contributed by atoms with Crippen molar-refractivity contribution in [2.75, 3.05) is 11.4 Å². The average molecular weight is 620 g/mol. The maximum Gasteiger partial charge on any atom is 0.0417 e. The van der Waals surface area contributed by atoms with Crippen LogP contribution >= 0.6 is 0 Å². The van der Waals surface area contributed by atoms with Crippen LogP contribution in [0.3, 0.4) is 0 Å². The Hall–Kier alpha value is -5.14. The van der Waals surface area contributed by atoms with Crippen LogP contribution in [0.15, 0.2) is 152 Å². The van der Waals surface area contributed by atoms with Gasteiger partial charge in [0.15, 0.2) is 0 Å². The fourth-order valence-electron chi connectivity index (χ4n) is 8.68. The van der Waals surface area contributed by atoms with E-state index in [2.05, 4.69) is 164 Å². The van der Waals surface area contributed by atoms with Gasteiger partial charge in [0, 0.05) is 29.8 Å². The van der Waals surface area contributed by atoms with Crippen LogP contribution in [0.4, 0.5) is 11.4 Å². The molecule has 3 atom stereocenters. The minimum Gasteiger partial charge on any atom is -0.341 e. The number of hydrogen-bond donors (Lipinski definition) is 0. The van der Waals surface area contributed by atoms with Crippen molar-refractivity contribution in [3.8, 4) is 33.4 Å². The standard InChI is InChI=1S/C47H41N/c1-32(34-26-25-33-15-7-8-16-35(33)30-34)14-4-3-11-29-48(36-17-5-2-6-18-36)37-27-28-39-42-22-13-23-43-44-24-12-21-41(47(44)45(39)31-37)38-19-9-10-20-40(38)46(42)43/h2,5-10,12-13,15-28,30-32,38,40H,3-4,11,14,29H2,1H3. The Labute approximate surface area is 284 Å². The first kappa shape index (κ1) is 29.0. The van der Waals surface area contributed by atoms with E-state index in [1.54, 1.807) is 0 Å². The molecule has 0 heterocycles. The Morgan fingerprint density at radius 2 is 1.29 bits per heavy atom. The molecule has 6 aromatic carbocycles. The molecule has 0 fully saturated rings. The van der Waals surface area contributed by atoms with Gasteiger partial charge in [-0.05, 0) is 104 Å². The van der Waals surface area contributed by atoms with Crippen LogP contribution in [0.25, 0.3) is 44.2 Å². The predicted molar refractivity (Wildman–Crippen MR) is 204 cm³/mol. The molecule has 0 spiro atoms. The molecule has 6 bridgehead atoms. The maximum atomic E-state index is 2.55. The summed E-state index contributed by atoms with van der Waals surface area (Å²) < 4.78 is 0. The zero-order chi connectivity index (χ0) is 32.0. The lowest BCUT2D eigenvalue weighted by molar-refractivity contribution is 0.586. The van der Waals surface area contributed by atoms with Gasteiger partial charge in [-0.25, -0.2) is 0 Å². The molecule has 1 nitrogen and oxygen atoms in total. The molecule has 3 aliphatic rings. The van der Waals surface area contributed by atoms with E-state index in [0.29, 0.717) is 17.8 Å². The molecule has 0 saturated carbocycles. The van der Waals surface area contributed by atoms with Crippen molar-refractivity contribution in [3.63, 3.8) is 0 Å². The third kappa shape index (κ3) is 4.92. The molecular weight excluding hydrogens is 579 g/mol. The number of fused-ring (bicyclic) bond motifs is 5. The molecule has 0 aromatic heterocycles. The predicted octanol–water partition coefficient (Wildman–Crippen LogP) is 13.0. The Bertz CT molecular complexity index is 2200. The zero-order valence-electron chi connectivity index (χ0n) is 27.6. The smallest absolute Gasteiger partial charge is 0.0417 e. The quantitative estimate of drug-likeness (QED) is 0.145. The van der Waals surface area contributed by atoms with E-state index in [-0.39, 0.29) is 0 Å². The van der Waals surface area contributed by atoms with Crippen molar-refractivity contribution in [3.05, 3.63) is 168 Å². The summed E-state index contributed by atoms with van der Waals surface area (Å²) in [6, 6.07) is 47.9. The van der Waals surface area contributed by atoms with Gasteiger partial charge in [0.2, 0.25) is 0 Å². The number of benzene rings is 6. The molecule has 6 aromatic rings. The molecule has 0 N–H and O–H groups in total. The van der Waals surface area contributed by atoms with Crippen molar-refractivity contribution >= 4 is 22.1 Å². The van der Waals surface area contributed by atoms with Gasteiger partial charge in [-0.3, -0.25) is 0 Å². The summed E-state index contributed by atoms with van der Waals surface area (Å²) in [7, 11) is 0. The number of rotatable bonds is 9. The van der Waals surface area contributed by atoms with Gasteiger partial charge in [-0.2, -0.15) is 0 Å². The Morgan fingerprint density at radius 1 is 0.542 bits per heavy atom. The average Bonchev–Trinajstić information content (AvgIpc) is 3.25. The molecule has 1 heteroatoms. The van der Waals surface area contributed by atoms with Gasteiger partial charge >= 0.3 is 0 Å². The summed E-state index contributed by atoms with van der Waals surface area (Å²) in [5.74, 6) is 1.28. The summed E-state index contributed by atoms with van der Waals surface area (Å²) in [4.78, 5) is 2.55. The lowest BCUT2D eigenvalue weighted by Gasteiger charge is -2.31. The fourth-order valence-corrected chi connectivity index (χ4v) is 8.68. The van der Waals surface area contributed by atoms with Crippen LogP contribution in [0, 0.1) is 0 Å². The van der Waals surface area contributed by atoms with E-state index in [1.807, 2.05) is 0 Å². The molecule has 0 aliphatic heterocycles. The normalized spacial score (nSPS) is 17.0. The SMILES string of the molecule is CC(CCCCCN(c1ccccc1)c1ccc2c(c1)-c1c3cccc1C1C=CC=CC1c1c-2cccc1-3)c1ccc2ccccc2c1. The second-order valence-electron chi connectivity index (χ2n) is 13.9. The summed E-state index contributed by atoms with van der Waals surface area (Å²) >= 11 is 0. The molecule has 0 amide bonds. The first-order valence-corrected chi connectivity index (χ1v) is 17.8. The van der Waals surface area contributed by atoms with E-state index < -0.39 is 0 Å². The van der Waals surface area contributed by atoms with E-state index in [1.165, 1.54) is 91.5 Å². The lowest BCUT2D eigenvalue weighted by Crippen LogP contribution is -2.19. The van der Waals surface area contributed by atoms with Gasteiger partial charge in [-0.15, -0.1) is 0 Å². The van der Waals surface area contributed by atoms with Gasteiger partial charge < -0.3 is 4.90 Å². The Balaban J connectivity index is 1.01. The second-order valence-corrected chi connectivity index (χ2v) is 13.9. The molecule has 234 valence electrons. The van der Waals surface area contributed by atoms with Gasteiger partial charge in [0.25, 0.3) is 0 Å². The molecule has 3 aliphatic carbocycles. The summed E-state index contributed by atoms with van der Waals surface area (Å²) in [5.41, 5.74) is 15.2. The maximum absolute atomic E-state index is 2.55. The fraction of sp³-hybridized carbons (Fsp3) is 0.191. The molecule has 48 heavy (non-hydrogen) atoms. The number of allylic oxidation sites excluding steroid dienone is 4. The third-order valence-corrected chi connectivity index (χ3v) is 11.1. The zero-order valence-corrected chi connectivity index (χ0v) is 27.6. The van der Waals surface area contributed by atoms with Gasteiger partial charge in [-0.1, -0.05) is 147 Å². The Morgan fingerprint density at radius 3 is 2.17 bits per heavy atom. The Kier molecular flexibility index (Phi) is 7.35. The van der Waals surface area contributed by atoms with Gasteiger partial charge in [0.05, 0.1) is 0 Å².